The first kappa shape index (κ1) is 18.7. The Balaban J connectivity index is 1.82. The Kier molecular flexibility index (Phi) is 6.71. The van der Waals surface area contributed by atoms with E-state index in [-0.39, 0.29) is 17.7 Å². The lowest BCUT2D eigenvalue weighted by Gasteiger charge is -2.16. The minimum Gasteiger partial charge on any atom is -0.326 e. The molecule has 0 aliphatic heterocycles. The van der Waals surface area contributed by atoms with Crippen molar-refractivity contribution < 1.29 is 9.59 Å². The smallest absolute Gasteiger partial charge is 0.238 e. The van der Waals surface area contributed by atoms with Crippen molar-refractivity contribution in [3.05, 3.63) is 60.2 Å². The molecule has 2 aromatic rings. The van der Waals surface area contributed by atoms with Gasteiger partial charge in [0.1, 0.15) is 0 Å². The van der Waals surface area contributed by atoms with E-state index in [9.17, 15) is 9.59 Å². The Morgan fingerprint density at radius 1 is 0.920 bits per heavy atom. The summed E-state index contributed by atoms with van der Waals surface area (Å²) in [6, 6.07) is 17.2. The molecule has 0 spiro atoms. The molecular formula is C20H25N3O2. The number of nitrogens with zero attached hydrogens (tertiary/aromatic N) is 1. The number of amides is 2. The molecule has 2 aromatic carbocycles. The van der Waals surface area contributed by atoms with Crippen LogP contribution in [-0.4, -0.2) is 30.3 Å². The third-order valence-electron chi connectivity index (χ3n) is 3.67. The molecule has 0 fully saturated rings. The van der Waals surface area contributed by atoms with Gasteiger partial charge in [0.05, 0.1) is 6.54 Å². The second kappa shape index (κ2) is 8.99. The maximum absolute atomic E-state index is 12.1. The van der Waals surface area contributed by atoms with E-state index in [0.717, 1.165) is 5.69 Å². The fraction of sp³-hybridized carbons (Fsp3) is 0.300. The van der Waals surface area contributed by atoms with Crippen molar-refractivity contribution in [1.82, 2.24) is 4.90 Å². The van der Waals surface area contributed by atoms with E-state index in [1.807, 2.05) is 56.1 Å². The molecule has 2 rings (SSSR count). The zero-order chi connectivity index (χ0) is 18.2. The lowest BCUT2D eigenvalue weighted by molar-refractivity contribution is -0.119. The van der Waals surface area contributed by atoms with E-state index in [1.165, 1.54) is 5.56 Å². The molecule has 0 heterocycles. The molecule has 25 heavy (non-hydrogen) atoms. The number of anilines is 2. The predicted octanol–water partition coefficient (Wildman–Crippen LogP) is 3.35. The molecule has 0 atom stereocenters. The van der Waals surface area contributed by atoms with Crippen LogP contribution in [0.1, 0.15) is 19.4 Å². The molecule has 0 aromatic heterocycles. The highest BCUT2D eigenvalue weighted by Crippen LogP contribution is 2.14. The first-order valence-electron chi connectivity index (χ1n) is 8.37. The van der Waals surface area contributed by atoms with Crippen LogP contribution in [0.15, 0.2) is 54.6 Å². The molecule has 0 aliphatic carbocycles. The third kappa shape index (κ3) is 6.39. The summed E-state index contributed by atoms with van der Waals surface area (Å²) in [4.78, 5) is 25.8. The number of nitrogens with one attached hydrogen (secondary N) is 2. The summed E-state index contributed by atoms with van der Waals surface area (Å²) in [7, 11) is 1.91. The maximum atomic E-state index is 12.1. The van der Waals surface area contributed by atoms with Crippen molar-refractivity contribution in [3.8, 4) is 0 Å². The summed E-state index contributed by atoms with van der Waals surface area (Å²) in [5, 5.41) is 5.69. The molecule has 0 saturated heterocycles. The number of carbonyl (C=O) groups excluding carboxylic acids is 2. The van der Waals surface area contributed by atoms with E-state index < -0.39 is 0 Å². The van der Waals surface area contributed by atoms with Crippen molar-refractivity contribution in [3.63, 3.8) is 0 Å². The predicted molar refractivity (Wildman–Crippen MR) is 101 cm³/mol. The summed E-state index contributed by atoms with van der Waals surface area (Å²) in [5.41, 5.74) is 2.60. The van der Waals surface area contributed by atoms with Gasteiger partial charge in [-0.3, -0.25) is 14.5 Å². The second-order valence-electron chi connectivity index (χ2n) is 6.43. The Hall–Kier alpha value is -2.66. The van der Waals surface area contributed by atoms with Gasteiger partial charge in [0.15, 0.2) is 0 Å². The summed E-state index contributed by atoms with van der Waals surface area (Å²) in [6.07, 6.45) is 0. The van der Waals surface area contributed by atoms with Crippen molar-refractivity contribution in [2.45, 2.75) is 20.4 Å². The van der Waals surface area contributed by atoms with Gasteiger partial charge in [0.25, 0.3) is 0 Å². The van der Waals surface area contributed by atoms with Crippen LogP contribution in [0, 0.1) is 5.92 Å². The summed E-state index contributed by atoms with van der Waals surface area (Å²) >= 11 is 0. The van der Waals surface area contributed by atoms with E-state index in [2.05, 4.69) is 10.6 Å². The fourth-order valence-electron chi connectivity index (χ4n) is 2.32. The van der Waals surface area contributed by atoms with Gasteiger partial charge in [-0.2, -0.15) is 0 Å². The number of benzene rings is 2. The molecular weight excluding hydrogens is 314 g/mol. The Morgan fingerprint density at radius 3 is 2.04 bits per heavy atom. The monoisotopic (exact) mass is 339 g/mol. The first-order valence-corrected chi connectivity index (χ1v) is 8.37. The van der Waals surface area contributed by atoms with E-state index in [1.54, 1.807) is 24.3 Å². The largest absolute Gasteiger partial charge is 0.326 e. The van der Waals surface area contributed by atoms with Crippen LogP contribution in [0.2, 0.25) is 0 Å². The van der Waals surface area contributed by atoms with E-state index >= 15 is 0 Å². The van der Waals surface area contributed by atoms with E-state index in [4.69, 9.17) is 0 Å². The molecule has 5 heteroatoms. The number of hydrogen-bond donors (Lipinski definition) is 2. The molecule has 132 valence electrons. The highest BCUT2D eigenvalue weighted by molar-refractivity contribution is 5.94. The average Bonchev–Trinajstić information content (AvgIpc) is 2.57. The fourth-order valence-corrected chi connectivity index (χ4v) is 2.32. The van der Waals surface area contributed by atoms with Crippen LogP contribution < -0.4 is 10.6 Å². The van der Waals surface area contributed by atoms with Gasteiger partial charge in [0, 0.05) is 23.8 Å². The van der Waals surface area contributed by atoms with Crippen molar-refractivity contribution in [1.29, 1.82) is 0 Å². The highest BCUT2D eigenvalue weighted by atomic mass is 16.2. The van der Waals surface area contributed by atoms with Crippen LogP contribution >= 0.6 is 0 Å². The van der Waals surface area contributed by atoms with Crippen molar-refractivity contribution in [2.24, 2.45) is 5.92 Å². The lowest BCUT2D eigenvalue weighted by atomic mass is 10.2. The topological polar surface area (TPSA) is 61.4 Å². The first-order chi connectivity index (χ1) is 11.9. The van der Waals surface area contributed by atoms with Crippen molar-refractivity contribution in [2.75, 3.05) is 24.2 Å². The van der Waals surface area contributed by atoms with Gasteiger partial charge in [-0.25, -0.2) is 0 Å². The molecule has 0 saturated carbocycles. The SMILES string of the molecule is CC(C)C(=O)Nc1ccc(NC(=O)CN(C)Cc2ccccc2)cc1. The summed E-state index contributed by atoms with van der Waals surface area (Å²) in [6.45, 7) is 4.71. The molecule has 2 amide bonds. The van der Waals surface area contributed by atoms with Crippen LogP contribution in [-0.2, 0) is 16.1 Å². The van der Waals surface area contributed by atoms with Gasteiger partial charge in [-0.1, -0.05) is 44.2 Å². The number of carbonyl (C=O) groups is 2. The van der Waals surface area contributed by atoms with Crippen LogP contribution in [0.3, 0.4) is 0 Å². The molecule has 5 nitrogen and oxygen atoms in total. The molecule has 0 radical (unpaired) electrons. The minimum absolute atomic E-state index is 0.0284. The van der Waals surface area contributed by atoms with Gasteiger partial charge in [0.2, 0.25) is 11.8 Å². The highest BCUT2D eigenvalue weighted by Gasteiger charge is 2.09. The van der Waals surface area contributed by atoms with Crippen LogP contribution in [0.25, 0.3) is 0 Å². The minimum atomic E-state index is -0.0719. The Morgan fingerprint density at radius 2 is 1.48 bits per heavy atom. The molecule has 0 aliphatic rings. The van der Waals surface area contributed by atoms with Gasteiger partial charge < -0.3 is 10.6 Å². The standard InChI is InChI=1S/C20H25N3O2/c1-15(2)20(25)22-18-11-9-17(10-12-18)21-19(24)14-23(3)13-16-7-5-4-6-8-16/h4-12,15H,13-14H2,1-3H3,(H,21,24)(H,22,25). The van der Waals surface area contributed by atoms with Gasteiger partial charge >= 0.3 is 0 Å². The van der Waals surface area contributed by atoms with Gasteiger partial charge in [-0.05, 0) is 36.9 Å². The quantitative estimate of drug-likeness (QED) is 0.813. The summed E-state index contributed by atoms with van der Waals surface area (Å²) in [5.74, 6) is -0.170. The molecule has 0 unspecified atom stereocenters. The number of rotatable bonds is 7. The van der Waals surface area contributed by atoms with Crippen LogP contribution in [0.5, 0.6) is 0 Å². The second-order valence-corrected chi connectivity index (χ2v) is 6.43. The van der Waals surface area contributed by atoms with Crippen LogP contribution in [0.4, 0.5) is 11.4 Å². The molecule has 2 N–H and O–H groups in total. The number of hydrogen-bond acceptors (Lipinski definition) is 3. The lowest BCUT2D eigenvalue weighted by Crippen LogP contribution is -2.29. The zero-order valence-corrected chi connectivity index (χ0v) is 15.0. The number of likely N-dealkylation sites (N-methyl/N-ethyl adjacent to an activating group) is 1. The molecule has 0 bridgehead atoms. The van der Waals surface area contributed by atoms with E-state index in [0.29, 0.717) is 18.8 Å². The van der Waals surface area contributed by atoms with Gasteiger partial charge in [-0.15, -0.1) is 0 Å². The normalized spacial score (nSPS) is 10.8. The maximum Gasteiger partial charge on any atom is 0.238 e. The third-order valence-corrected chi connectivity index (χ3v) is 3.67. The average molecular weight is 339 g/mol. The Bertz CT molecular complexity index is 697. The Labute approximate surface area is 149 Å². The van der Waals surface area contributed by atoms with Crippen molar-refractivity contribution >= 4 is 23.2 Å². The zero-order valence-electron chi connectivity index (χ0n) is 15.0. The summed E-state index contributed by atoms with van der Waals surface area (Å²) < 4.78 is 0.